The van der Waals surface area contributed by atoms with Gasteiger partial charge in [-0.1, -0.05) is 24.3 Å². The summed E-state index contributed by atoms with van der Waals surface area (Å²) >= 11 is 0. The first-order valence-corrected chi connectivity index (χ1v) is 10.0. The van der Waals surface area contributed by atoms with E-state index in [1.165, 1.54) is 0 Å². The Balaban J connectivity index is 1.49. The highest BCUT2D eigenvalue weighted by molar-refractivity contribution is 5.78. The second-order valence-electron chi connectivity index (χ2n) is 7.40. The van der Waals surface area contributed by atoms with Gasteiger partial charge in [0.25, 0.3) is 0 Å². The molecular weight excluding hydrogens is 362 g/mol. The van der Waals surface area contributed by atoms with Gasteiger partial charge in [0.1, 0.15) is 5.75 Å². The zero-order valence-electron chi connectivity index (χ0n) is 16.6. The molecule has 148 valence electrons. The van der Waals surface area contributed by atoms with E-state index < -0.39 is 0 Å². The summed E-state index contributed by atoms with van der Waals surface area (Å²) < 4.78 is 5.34. The van der Waals surface area contributed by atoms with Gasteiger partial charge in [0.2, 0.25) is 5.91 Å². The van der Waals surface area contributed by atoms with Crippen LogP contribution in [0.25, 0.3) is 11.3 Å². The average molecular weight is 387 g/mol. The summed E-state index contributed by atoms with van der Waals surface area (Å²) in [6.07, 6.45) is 5.93. The van der Waals surface area contributed by atoms with E-state index >= 15 is 0 Å². The number of amides is 1. The molecule has 3 aromatic rings. The maximum Gasteiger partial charge on any atom is 0.227 e. The number of hydrogen-bond acceptors (Lipinski definition) is 4. The fourth-order valence-corrected chi connectivity index (χ4v) is 3.86. The van der Waals surface area contributed by atoms with E-state index in [1.54, 1.807) is 19.5 Å². The molecule has 0 bridgehead atoms. The number of carbonyl (C=O) groups is 1. The normalized spacial score (nSPS) is 16.4. The fraction of sp³-hybridized carbons (Fsp3) is 0.292. The second-order valence-corrected chi connectivity index (χ2v) is 7.40. The maximum atomic E-state index is 12.8. The van der Waals surface area contributed by atoms with Gasteiger partial charge in [-0.05, 0) is 48.7 Å². The van der Waals surface area contributed by atoms with Crippen LogP contribution < -0.4 is 4.74 Å². The standard InChI is InChI=1S/C24H25N3O2/c1-29-21-9-2-7-19(15-21)22-10-3-11-23(26-22)20-8-5-13-27(17-20)24(28)14-18-6-4-12-25-16-18/h2-4,6-7,9-12,15-16,20H,5,8,13-14,17H2,1H3. The van der Waals surface area contributed by atoms with Gasteiger partial charge in [0.15, 0.2) is 0 Å². The average Bonchev–Trinajstić information content (AvgIpc) is 2.80. The summed E-state index contributed by atoms with van der Waals surface area (Å²) in [5.74, 6) is 1.23. The molecule has 1 atom stereocenters. The third-order valence-corrected chi connectivity index (χ3v) is 5.41. The highest BCUT2D eigenvalue weighted by atomic mass is 16.5. The van der Waals surface area contributed by atoms with Crippen molar-refractivity contribution in [3.8, 4) is 17.0 Å². The Labute approximate surface area is 171 Å². The molecule has 1 saturated heterocycles. The predicted octanol–water partition coefficient (Wildman–Crippen LogP) is 4.10. The molecule has 1 aliphatic heterocycles. The summed E-state index contributed by atoms with van der Waals surface area (Å²) in [5.41, 5.74) is 3.97. The topological polar surface area (TPSA) is 55.3 Å². The first-order chi connectivity index (χ1) is 14.2. The predicted molar refractivity (Wildman–Crippen MR) is 113 cm³/mol. The SMILES string of the molecule is COc1cccc(-c2cccc(C3CCCN(C(=O)Cc4cccnc4)C3)n2)c1. The molecular formula is C24H25N3O2. The molecule has 5 nitrogen and oxygen atoms in total. The Hall–Kier alpha value is -3.21. The summed E-state index contributed by atoms with van der Waals surface area (Å²) in [4.78, 5) is 23.8. The van der Waals surface area contributed by atoms with Crippen LogP contribution in [0.4, 0.5) is 0 Å². The van der Waals surface area contributed by atoms with Crippen molar-refractivity contribution in [1.29, 1.82) is 0 Å². The van der Waals surface area contributed by atoms with Crippen molar-refractivity contribution in [2.24, 2.45) is 0 Å². The van der Waals surface area contributed by atoms with E-state index in [9.17, 15) is 4.79 Å². The van der Waals surface area contributed by atoms with Crippen LogP contribution in [0.15, 0.2) is 67.0 Å². The lowest BCUT2D eigenvalue weighted by Crippen LogP contribution is -2.40. The van der Waals surface area contributed by atoms with Gasteiger partial charge >= 0.3 is 0 Å². The summed E-state index contributed by atoms with van der Waals surface area (Å²) in [7, 11) is 1.67. The molecule has 29 heavy (non-hydrogen) atoms. The molecule has 1 amide bonds. The van der Waals surface area contributed by atoms with Gasteiger partial charge in [0.05, 0.1) is 19.2 Å². The van der Waals surface area contributed by atoms with Crippen LogP contribution >= 0.6 is 0 Å². The quantitative estimate of drug-likeness (QED) is 0.661. The lowest BCUT2D eigenvalue weighted by molar-refractivity contribution is -0.131. The molecule has 5 heteroatoms. The molecule has 0 aliphatic carbocycles. The van der Waals surface area contributed by atoms with Crippen molar-refractivity contribution in [3.63, 3.8) is 0 Å². The van der Waals surface area contributed by atoms with E-state index in [4.69, 9.17) is 9.72 Å². The van der Waals surface area contributed by atoms with Crippen LogP contribution in [-0.4, -0.2) is 41.0 Å². The van der Waals surface area contributed by atoms with Gasteiger partial charge in [-0.25, -0.2) is 0 Å². The third kappa shape index (κ3) is 4.62. The summed E-state index contributed by atoms with van der Waals surface area (Å²) in [6, 6.07) is 17.9. The molecule has 1 aliphatic rings. The Kier molecular flexibility index (Phi) is 5.84. The number of aromatic nitrogens is 2. The number of piperidine rings is 1. The van der Waals surface area contributed by atoms with Crippen molar-refractivity contribution >= 4 is 5.91 Å². The van der Waals surface area contributed by atoms with Crippen LogP contribution in [0, 0.1) is 0 Å². The number of carbonyl (C=O) groups excluding carboxylic acids is 1. The molecule has 4 rings (SSSR count). The molecule has 3 heterocycles. The number of ether oxygens (including phenoxy) is 1. The minimum Gasteiger partial charge on any atom is -0.497 e. The fourth-order valence-electron chi connectivity index (χ4n) is 3.86. The number of hydrogen-bond donors (Lipinski definition) is 0. The molecule has 0 saturated carbocycles. The number of methoxy groups -OCH3 is 1. The Morgan fingerprint density at radius 1 is 1.17 bits per heavy atom. The van der Waals surface area contributed by atoms with Gasteiger partial charge in [0, 0.05) is 42.7 Å². The first-order valence-electron chi connectivity index (χ1n) is 10.0. The van der Waals surface area contributed by atoms with Crippen LogP contribution in [0.1, 0.15) is 30.0 Å². The van der Waals surface area contributed by atoms with Crippen molar-refractivity contribution in [2.75, 3.05) is 20.2 Å². The molecule has 0 radical (unpaired) electrons. The molecule has 0 spiro atoms. The zero-order valence-corrected chi connectivity index (χ0v) is 16.6. The minimum atomic E-state index is 0.159. The molecule has 1 aromatic carbocycles. The van der Waals surface area contributed by atoms with E-state index in [0.717, 1.165) is 47.7 Å². The molecule has 0 N–H and O–H groups in total. The van der Waals surface area contributed by atoms with Crippen LogP contribution in [0.3, 0.4) is 0 Å². The van der Waals surface area contributed by atoms with E-state index in [2.05, 4.69) is 11.1 Å². The highest BCUT2D eigenvalue weighted by Crippen LogP contribution is 2.29. The summed E-state index contributed by atoms with van der Waals surface area (Å²) in [6.45, 7) is 1.53. The molecule has 2 aromatic heterocycles. The van der Waals surface area contributed by atoms with Gasteiger partial charge in [-0.2, -0.15) is 0 Å². The van der Waals surface area contributed by atoms with Gasteiger partial charge in [-0.15, -0.1) is 0 Å². The lowest BCUT2D eigenvalue weighted by atomic mass is 9.93. The number of likely N-dealkylation sites (tertiary alicyclic amines) is 1. The summed E-state index contributed by atoms with van der Waals surface area (Å²) in [5, 5.41) is 0. The highest BCUT2D eigenvalue weighted by Gasteiger charge is 2.25. The monoisotopic (exact) mass is 387 g/mol. The lowest BCUT2D eigenvalue weighted by Gasteiger charge is -2.32. The van der Waals surface area contributed by atoms with Crippen molar-refractivity contribution in [2.45, 2.75) is 25.2 Å². The van der Waals surface area contributed by atoms with E-state index in [-0.39, 0.29) is 11.8 Å². The molecule has 1 unspecified atom stereocenters. The van der Waals surface area contributed by atoms with Gasteiger partial charge in [-0.3, -0.25) is 14.8 Å². The third-order valence-electron chi connectivity index (χ3n) is 5.41. The van der Waals surface area contributed by atoms with Crippen molar-refractivity contribution < 1.29 is 9.53 Å². The second kappa shape index (κ2) is 8.86. The van der Waals surface area contributed by atoms with E-state index in [0.29, 0.717) is 13.0 Å². The van der Waals surface area contributed by atoms with Crippen LogP contribution in [-0.2, 0) is 11.2 Å². The zero-order chi connectivity index (χ0) is 20.1. The molecule has 1 fully saturated rings. The number of pyridine rings is 2. The minimum absolute atomic E-state index is 0.159. The van der Waals surface area contributed by atoms with Crippen LogP contribution in [0.2, 0.25) is 0 Å². The van der Waals surface area contributed by atoms with Gasteiger partial charge < -0.3 is 9.64 Å². The number of rotatable bonds is 5. The Bertz CT molecular complexity index is 975. The Morgan fingerprint density at radius 3 is 2.90 bits per heavy atom. The Morgan fingerprint density at radius 2 is 2.07 bits per heavy atom. The van der Waals surface area contributed by atoms with Crippen molar-refractivity contribution in [1.82, 2.24) is 14.9 Å². The first kappa shape index (κ1) is 19.1. The smallest absolute Gasteiger partial charge is 0.227 e. The van der Waals surface area contributed by atoms with E-state index in [1.807, 2.05) is 53.4 Å². The largest absolute Gasteiger partial charge is 0.497 e. The van der Waals surface area contributed by atoms with Crippen molar-refractivity contribution in [3.05, 3.63) is 78.2 Å². The number of nitrogens with zero attached hydrogens (tertiary/aromatic N) is 3. The number of benzene rings is 1. The maximum absolute atomic E-state index is 12.8. The van der Waals surface area contributed by atoms with Crippen LogP contribution in [0.5, 0.6) is 5.75 Å².